The zero-order chi connectivity index (χ0) is 23.6. The molecular weight excluding hydrogens is 396 g/mol. The van der Waals surface area contributed by atoms with Gasteiger partial charge in [-0.05, 0) is 96.9 Å². The van der Waals surface area contributed by atoms with Gasteiger partial charge in [-0.25, -0.2) is 0 Å². The quantitative estimate of drug-likeness (QED) is 0.502. The van der Waals surface area contributed by atoms with Crippen LogP contribution in [0.15, 0.2) is 12.2 Å². The molecule has 0 bridgehead atoms. The maximum atomic E-state index is 12.8. The fraction of sp³-hybridized carbons (Fsp3) is 0.862. The summed E-state index contributed by atoms with van der Waals surface area (Å²) in [5.74, 6) is 2.86. The third kappa shape index (κ3) is 3.39. The lowest BCUT2D eigenvalue weighted by atomic mass is 9.41. The molecule has 32 heavy (non-hydrogen) atoms. The number of carbonyl (C=O) groups excluding carboxylic acids is 2. The van der Waals surface area contributed by atoms with Crippen LogP contribution in [0.1, 0.15) is 99.3 Å². The third-order valence-corrected chi connectivity index (χ3v) is 11.4. The molecule has 0 saturated heterocycles. The molecule has 0 aromatic carbocycles. The monoisotopic (exact) mass is 442 g/mol. The molecule has 0 aromatic rings. The first-order valence-electron chi connectivity index (χ1n) is 13.3. The van der Waals surface area contributed by atoms with E-state index >= 15 is 0 Å². The lowest BCUT2D eigenvalue weighted by molar-refractivity contribution is -0.226. The van der Waals surface area contributed by atoms with E-state index in [-0.39, 0.29) is 28.4 Å². The lowest BCUT2D eigenvalue weighted by Crippen LogP contribution is -2.65. The molecule has 180 valence electrons. The average Bonchev–Trinajstić information content (AvgIpc) is 3.08. The van der Waals surface area contributed by atoms with Crippen molar-refractivity contribution in [1.29, 1.82) is 0 Å². The molecular formula is C29H46O3. The molecule has 1 N–H and O–H groups in total. The zero-order valence-corrected chi connectivity index (χ0v) is 21.4. The van der Waals surface area contributed by atoms with Crippen molar-refractivity contribution in [3.05, 3.63) is 12.2 Å². The second-order valence-electron chi connectivity index (χ2n) is 13.0. The van der Waals surface area contributed by atoms with Crippen LogP contribution in [0, 0.1) is 52.3 Å². The van der Waals surface area contributed by atoms with Crippen LogP contribution in [0.3, 0.4) is 0 Å². The van der Waals surface area contributed by atoms with Crippen LogP contribution in [-0.4, -0.2) is 22.3 Å². The predicted octanol–water partition coefficient (Wildman–Crippen LogP) is 6.38. The number of rotatable bonds is 5. The molecule has 4 saturated carbocycles. The fourth-order valence-electron chi connectivity index (χ4n) is 9.46. The highest BCUT2D eigenvalue weighted by molar-refractivity contribution is 5.95. The van der Waals surface area contributed by atoms with Crippen molar-refractivity contribution in [2.24, 2.45) is 52.3 Å². The van der Waals surface area contributed by atoms with E-state index in [1.165, 1.54) is 0 Å². The molecule has 0 spiro atoms. The number of Topliss-reactive ketones (excluding diaryl/α,β-unsaturated/α-hetero) is 2. The summed E-state index contributed by atoms with van der Waals surface area (Å²) in [4.78, 5) is 25.3. The Morgan fingerprint density at radius 3 is 2.34 bits per heavy atom. The number of hydrogen-bond donors (Lipinski definition) is 1. The zero-order valence-electron chi connectivity index (χ0n) is 21.4. The van der Waals surface area contributed by atoms with Crippen LogP contribution < -0.4 is 0 Å². The molecule has 9 atom stereocenters. The largest absolute Gasteiger partial charge is 0.389 e. The maximum absolute atomic E-state index is 12.8. The van der Waals surface area contributed by atoms with Gasteiger partial charge in [0.25, 0.3) is 0 Å². The Hall–Kier alpha value is -0.960. The van der Waals surface area contributed by atoms with Crippen molar-refractivity contribution in [2.45, 2.75) is 105 Å². The number of fused-ring (bicyclic) bond motifs is 5. The molecule has 0 unspecified atom stereocenters. The average molecular weight is 443 g/mol. The van der Waals surface area contributed by atoms with Crippen LogP contribution in [0.4, 0.5) is 0 Å². The Morgan fingerprint density at radius 1 is 1.03 bits per heavy atom. The molecule has 0 radical (unpaired) electrons. The van der Waals surface area contributed by atoms with Gasteiger partial charge < -0.3 is 5.11 Å². The van der Waals surface area contributed by atoms with E-state index in [0.29, 0.717) is 48.2 Å². The maximum Gasteiger partial charge on any atom is 0.158 e. The first kappa shape index (κ1) is 24.2. The summed E-state index contributed by atoms with van der Waals surface area (Å²) < 4.78 is 0. The molecule has 4 fully saturated rings. The second kappa shape index (κ2) is 8.07. The van der Waals surface area contributed by atoms with Gasteiger partial charge in [0.05, 0.1) is 5.60 Å². The Labute approximate surface area is 195 Å². The van der Waals surface area contributed by atoms with Gasteiger partial charge in [-0.1, -0.05) is 48.1 Å². The SMILES string of the molecule is C=C(C(=O)C[C@@H](C)[C@H]1CC[C@@H]2[C@]1(C)CC[C@@H]1[C@@]3(C)CCC(=O)[C@@H](C)[C@H]3CC[C@]12O)C(C)C. The van der Waals surface area contributed by atoms with Gasteiger partial charge in [-0.3, -0.25) is 9.59 Å². The van der Waals surface area contributed by atoms with Crippen LogP contribution in [0.2, 0.25) is 0 Å². The normalized spacial score (nSPS) is 46.9. The number of hydrogen-bond acceptors (Lipinski definition) is 3. The van der Waals surface area contributed by atoms with Gasteiger partial charge in [-0.15, -0.1) is 0 Å². The number of allylic oxidation sites excluding steroid dienone is 1. The van der Waals surface area contributed by atoms with Gasteiger partial charge in [0.2, 0.25) is 0 Å². The van der Waals surface area contributed by atoms with E-state index in [0.717, 1.165) is 50.5 Å². The molecule has 4 aliphatic rings. The van der Waals surface area contributed by atoms with E-state index in [9.17, 15) is 14.7 Å². The van der Waals surface area contributed by atoms with Crippen LogP contribution >= 0.6 is 0 Å². The van der Waals surface area contributed by atoms with Crippen molar-refractivity contribution in [3.8, 4) is 0 Å². The Kier molecular flexibility index (Phi) is 6.09. The summed E-state index contributed by atoms with van der Waals surface area (Å²) in [6.07, 6.45) is 8.45. The first-order valence-corrected chi connectivity index (χ1v) is 13.3. The molecule has 4 rings (SSSR count). The minimum atomic E-state index is -0.613. The van der Waals surface area contributed by atoms with Crippen molar-refractivity contribution < 1.29 is 14.7 Å². The number of aliphatic hydroxyl groups is 1. The molecule has 0 aliphatic heterocycles. The van der Waals surface area contributed by atoms with Crippen LogP contribution in [0.5, 0.6) is 0 Å². The highest BCUT2D eigenvalue weighted by atomic mass is 16.3. The molecule has 4 aliphatic carbocycles. The standard InChI is InChI=1S/C29H46O3/c1-17(2)19(4)24(31)16-18(3)21-8-9-25-27(21,6)14-12-26-28(7)13-11-23(30)20(5)22(28)10-15-29(25,26)32/h17-18,20-22,25-26,32H,4,8-16H2,1-3,5-7H3/t18-,20+,21-,22-,25-,26-,27-,28+,29-/m1/s1. The van der Waals surface area contributed by atoms with E-state index in [4.69, 9.17) is 0 Å². The van der Waals surface area contributed by atoms with Crippen LogP contribution in [0.25, 0.3) is 0 Å². The summed E-state index contributed by atoms with van der Waals surface area (Å²) in [6, 6.07) is 0. The number of ketones is 2. The van der Waals surface area contributed by atoms with E-state index < -0.39 is 5.60 Å². The third-order valence-electron chi connectivity index (χ3n) is 11.4. The van der Waals surface area contributed by atoms with Gasteiger partial charge in [0.1, 0.15) is 5.78 Å². The minimum Gasteiger partial charge on any atom is -0.389 e. The molecule has 0 heterocycles. The Bertz CT molecular complexity index is 798. The second-order valence-corrected chi connectivity index (χ2v) is 13.0. The van der Waals surface area contributed by atoms with E-state index in [1.807, 2.05) is 13.8 Å². The number of carbonyl (C=O) groups is 2. The van der Waals surface area contributed by atoms with Gasteiger partial charge >= 0.3 is 0 Å². The minimum absolute atomic E-state index is 0.0797. The smallest absolute Gasteiger partial charge is 0.158 e. The van der Waals surface area contributed by atoms with Crippen molar-refractivity contribution >= 4 is 11.6 Å². The molecule has 0 aromatic heterocycles. The summed E-state index contributed by atoms with van der Waals surface area (Å²) in [5, 5.41) is 12.4. The highest BCUT2D eigenvalue weighted by Gasteiger charge is 2.67. The van der Waals surface area contributed by atoms with Gasteiger partial charge in [0.15, 0.2) is 5.78 Å². The first-order chi connectivity index (χ1) is 14.9. The Balaban J connectivity index is 1.56. The Morgan fingerprint density at radius 2 is 1.69 bits per heavy atom. The van der Waals surface area contributed by atoms with Crippen molar-refractivity contribution in [2.75, 3.05) is 0 Å². The van der Waals surface area contributed by atoms with E-state index in [1.54, 1.807) is 0 Å². The molecule has 3 heteroatoms. The van der Waals surface area contributed by atoms with E-state index in [2.05, 4.69) is 34.3 Å². The topological polar surface area (TPSA) is 54.4 Å². The predicted molar refractivity (Wildman–Crippen MR) is 129 cm³/mol. The van der Waals surface area contributed by atoms with Gasteiger partial charge in [-0.2, -0.15) is 0 Å². The molecule has 0 amide bonds. The van der Waals surface area contributed by atoms with Crippen molar-refractivity contribution in [1.82, 2.24) is 0 Å². The highest BCUT2D eigenvalue weighted by Crippen LogP contribution is 2.70. The summed E-state index contributed by atoms with van der Waals surface area (Å²) in [6.45, 7) is 17.3. The molecule has 3 nitrogen and oxygen atoms in total. The fourth-order valence-corrected chi connectivity index (χ4v) is 9.46. The summed E-state index contributed by atoms with van der Waals surface area (Å²) >= 11 is 0. The summed E-state index contributed by atoms with van der Waals surface area (Å²) in [5.41, 5.74) is 0.323. The lowest BCUT2D eigenvalue weighted by Gasteiger charge is -2.65. The van der Waals surface area contributed by atoms with Crippen molar-refractivity contribution in [3.63, 3.8) is 0 Å². The van der Waals surface area contributed by atoms with Crippen LogP contribution in [-0.2, 0) is 9.59 Å². The summed E-state index contributed by atoms with van der Waals surface area (Å²) in [7, 11) is 0. The van der Waals surface area contributed by atoms with Gasteiger partial charge in [0, 0.05) is 18.8 Å².